The molecule has 0 radical (unpaired) electrons. The van der Waals surface area contributed by atoms with Crippen LogP contribution in [-0.4, -0.2) is 0 Å². The Labute approximate surface area is 298 Å². The highest BCUT2D eigenvalue weighted by molar-refractivity contribution is 5.94. The van der Waals surface area contributed by atoms with E-state index >= 15 is 0 Å². The molecule has 5 unspecified atom stereocenters. The summed E-state index contributed by atoms with van der Waals surface area (Å²) in [6.45, 7) is 24.2. The smallest absolute Gasteiger partial charge is 0.0119 e. The first-order chi connectivity index (χ1) is 23.6. The van der Waals surface area contributed by atoms with Gasteiger partial charge in [0.15, 0.2) is 0 Å². The summed E-state index contributed by atoms with van der Waals surface area (Å²) in [6, 6.07) is 26.1. The second-order valence-electron chi connectivity index (χ2n) is 15.8. The van der Waals surface area contributed by atoms with Gasteiger partial charge in [0.25, 0.3) is 0 Å². The average molecular weight is 649 g/mol. The number of hydrogen-bond donors (Lipinski definition) is 0. The number of benzene rings is 3. The lowest BCUT2D eigenvalue weighted by atomic mass is 9.66. The molecule has 3 aromatic rings. The molecule has 49 heavy (non-hydrogen) atoms. The van der Waals surface area contributed by atoms with Crippen molar-refractivity contribution in [2.75, 3.05) is 0 Å². The SMILES string of the molecule is CCCC1/C(=C(/C)C(C)C=C(C)C)c2c(cccc2C2(C)C(C)(CC)C2(CC)c2ccccc2C2=CC=CC=C(CC)C2)-c2ccccc21. The second kappa shape index (κ2) is 13.6. The lowest BCUT2D eigenvalue weighted by Gasteiger charge is -2.37. The van der Waals surface area contributed by atoms with Gasteiger partial charge in [-0.3, -0.25) is 0 Å². The number of hydrogen-bond acceptors (Lipinski definition) is 0. The highest BCUT2D eigenvalue weighted by atomic mass is 14.8. The maximum absolute atomic E-state index is 2.65. The van der Waals surface area contributed by atoms with Crippen molar-refractivity contribution in [2.24, 2.45) is 11.3 Å². The van der Waals surface area contributed by atoms with E-state index in [1.807, 2.05) is 0 Å². The molecule has 0 heteroatoms. The Bertz CT molecular complexity index is 1880. The van der Waals surface area contributed by atoms with E-state index in [0.717, 1.165) is 38.5 Å². The third-order valence-electron chi connectivity index (χ3n) is 13.5. The van der Waals surface area contributed by atoms with Crippen LogP contribution in [0.5, 0.6) is 0 Å². The summed E-state index contributed by atoms with van der Waals surface area (Å²) in [5.41, 5.74) is 18.0. The van der Waals surface area contributed by atoms with Gasteiger partial charge in [-0.15, -0.1) is 0 Å². The van der Waals surface area contributed by atoms with Gasteiger partial charge in [-0.1, -0.05) is 169 Å². The van der Waals surface area contributed by atoms with E-state index in [-0.39, 0.29) is 16.2 Å². The summed E-state index contributed by atoms with van der Waals surface area (Å²) in [6.07, 6.45) is 18.3. The molecule has 3 aliphatic rings. The minimum atomic E-state index is -0.0518. The van der Waals surface area contributed by atoms with Gasteiger partial charge in [0, 0.05) is 16.7 Å². The largest absolute Gasteiger partial charge is 0.0798 e. The van der Waals surface area contributed by atoms with Crippen molar-refractivity contribution in [2.45, 2.75) is 125 Å². The Hall–Kier alpha value is -3.64. The predicted octanol–water partition coefficient (Wildman–Crippen LogP) is 14.3. The Morgan fingerprint density at radius 1 is 0.776 bits per heavy atom. The molecule has 5 atom stereocenters. The molecule has 6 rings (SSSR count). The van der Waals surface area contributed by atoms with Crippen LogP contribution in [0.25, 0.3) is 22.3 Å². The summed E-state index contributed by atoms with van der Waals surface area (Å²) in [4.78, 5) is 0. The molecule has 0 aliphatic heterocycles. The van der Waals surface area contributed by atoms with Crippen LogP contribution in [0, 0.1) is 11.3 Å². The zero-order chi connectivity index (χ0) is 35.1. The van der Waals surface area contributed by atoms with Crippen LogP contribution in [-0.2, 0) is 10.8 Å². The summed E-state index contributed by atoms with van der Waals surface area (Å²) in [7, 11) is 0. The van der Waals surface area contributed by atoms with E-state index < -0.39 is 0 Å². The molecule has 0 spiro atoms. The molecule has 0 nitrogen and oxygen atoms in total. The van der Waals surface area contributed by atoms with Gasteiger partial charge in [-0.05, 0) is 114 Å². The third kappa shape index (κ3) is 5.23. The summed E-state index contributed by atoms with van der Waals surface area (Å²) < 4.78 is 0. The second-order valence-corrected chi connectivity index (χ2v) is 15.8. The maximum atomic E-state index is 2.65. The van der Waals surface area contributed by atoms with Crippen molar-refractivity contribution in [3.8, 4) is 11.1 Å². The van der Waals surface area contributed by atoms with E-state index in [1.54, 1.807) is 16.7 Å². The molecule has 0 N–H and O–H groups in total. The van der Waals surface area contributed by atoms with Crippen LogP contribution >= 0.6 is 0 Å². The van der Waals surface area contributed by atoms with Gasteiger partial charge in [0.2, 0.25) is 0 Å². The molecule has 0 saturated heterocycles. The molecule has 1 saturated carbocycles. The molecule has 0 aromatic heterocycles. The van der Waals surface area contributed by atoms with Gasteiger partial charge in [0.05, 0.1) is 0 Å². The topological polar surface area (TPSA) is 0 Å². The molecule has 3 aromatic carbocycles. The average Bonchev–Trinajstić information content (AvgIpc) is 3.68. The van der Waals surface area contributed by atoms with Crippen LogP contribution in [0.4, 0.5) is 0 Å². The number of rotatable bonds is 10. The Morgan fingerprint density at radius 3 is 2.10 bits per heavy atom. The molecule has 256 valence electrons. The summed E-state index contributed by atoms with van der Waals surface area (Å²) >= 11 is 0. The monoisotopic (exact) mass is 648 g/mol. The molecule has 0 amide bonds. The predicted molar refractivity (Wildman–Crippen MR) is 215 cm³/mol. The number of allylic oxidation sites excluding steroid dienone is 10. The first-order valence-corrected chi connectivity index (χ1v) is 19.3. The molecular weight excluding hydrogens is 589 g/mol. The fraction of sp³-hybridized carbons (Fsp3) is 0.429. The van der Waals surface area contributed by atoms with E-state index in [1.165, 1.54) is 50.1 Å². The zero-order valence-corrected chi connectivity index (χ0v) is 32.1. The molecule has 0 bridgehead atoms. The Balaban J connectivity index is 1.67. The molecule has 3 aliphatic carbocycles. The van der Waals surface area contributed by atoms with Gasteiger partial charge in [-0.25, -0.2) is 0 Å². The highest BCUT2D eigenvalue weighted by Crippen LogP contribution is 2.82. The van der Waals surface area contributed by atoms with Gasteiger partial charge in [0.1, 0.15) is 0 Å². The van der Waals surface area contributed by atoms with Crippen molar-refractivity contribution in [1.29, 1.82) is 0 Å². The first kappa shape index (κ1) is 35.2. The minimum absolute atomic E-state index is 0.00479. The minimum Gasteiger partial charge on any atom is -0.0798 e. The standard InChI is InChI=1S/C49H60/c1-11-22-41-39-26-17-18-27-40(39)42-28-21-30-44(46(42)45(41)35(8)34(7)31-33(5)6)48(10)47(9,13-3)49(48,14-4)43-29-20-19-25-38(43)37-24-16-15-23-36(12-2)32-37/h15-21,23-31,34,41H,11-14,22,32H2,1-10H3/b45-35+. The highest BCUT2D eigenvalue weighted by Gasteiger charge is 2.81. The van der Waals surface area contributed by atoms with E-state index in [0.29, 0.717) is 11.8 Å². The fourth-order valence-electron chi connectivity index (χ4n) is 10.8. The first-order valence-electron chi connectivity index (χ1n) is 19.3. The van der Waals surface area contributed by atoms with E-state index in [9.17, 15) is 0 Å². The fourth-order valence-corrected chi connectivity index (χ4v) is 10.8. The van der Waals surface area contributed by atoms with Crippen LogP contribution in [0.1, 0.15) is 141 Å². The van der Waals surface area contributed by atoms with Crippen LogP contribution < -0.4 is 0 Å². The lowest BCUT2D eigenvalue weighted by molar-refractivity contribution is 0.420. The number of fused-ring (bicyclic) bond motifs is 3. The summed E-state index contributed by atoms with van der Waals surface area (Å²) in [5, 5.41) is 0. The molecule has 1 fully saturated rings. The van der Waals surface area contributed by atoms with E-state index in [4.69, 9.17) is 0 Å². The summed E-state index contributed by atoms with van der Waals surface area (Å²) in [5.74, 6) is 0.770. The van der Waals surface area contributed by atoms with Gasteiger partial charge in [-0.2, -0.15) is 0 Å². The zero-order valence-electron chi connectivity index (χ0n) is 32.1. The maximum Gasteiger partial charge on any atom is 0.0119 e. The lowest BCUT2D eigenvalue weighted by Crippen LogP contribution is -2.24. The van der Waals surface area contributed by atoms with Gasteiger partial charge >= 0.3 is 0 Å². The van der Waals surface area contributed by atoms with Crippen LogP contribution in [0.2, 0.25) is 0 Å². The van der Waals surface area contributed by atoms with Crippen molar-refractivity contribution < 1.29 is 0 Å². The third-order valence-corrected chi connectivity index (χ3v) is 13.5. The Kier molecular flexibility index (Phi) is 9.76. The van der Waals surface area contributed by atoms with Crippen LogP contribution in [0.15, 0.2) is 114 Å². The normalized spacial score (nSPS) is 27.3. The molecule has 0 heterocycles. The van der Waals surface area contributed by atoms with Crippen molar-refractivity contribution >= 4 is 11.1 Å². The quantitative estimate of drug-likeness (QED) is 0.192. The van der Waals surface area contributed by atoms with Crippen LogP contribution in [0.3, 0.4) is 0 Å². The molecular formula is C49H60. The Morgan fingerprint density at radius 2 is 1.43 bits per heavy atom. The van der Waals surface area contributed by atoms with Gasteiger partial charge < -0.3 is 0 Å². The van der Waals surface area contributed by atoms with Crippen molar-refractivity contribution in [3.63, 3.8) is 0 Å². The van der Waals surface area contributed by atoms with E-state index in [2.05, 4.69) is 166 Å². The van der Waals surface area contributed by atoms with Crippen molar-refractivity contribution in [3.05, 3.63) is 142 Å². The van der Waals surface area contributed by atoms with Crippen molar-refractivity contribution in [1.82, 2.24) is 0 Å².